The van der Waals surface area contributed by atoms with Gasteiger partial charge in [-0.3, -0.25) is 4.90 Å². The molecule has 150 valence electrons. The normalized spacial score (nSPS) is 24.6. The quantitative estimate of drug-likeness (QED) is 0.573. The van der Waals surface area contributed by atoms with E-state index in [1.54, 1.807) is 0 Å². The molecule has 0 aromatic heterocycles. The van der Waals surface area contributed by atoms with Gasteiger partial charge in [0.25, 0.3) is 0 Å². The molecule has 0 radical (unpaired) electrons. The Morgan fingerprint density at radius 3 is 2.63 bits per heavy atom. The summed E-state index contributed by atoms with van der Waals surface area (Å²) in [5, 5.41) is 0. The number of hydrogen-bond acceptors (Lipinski definition) is 7. The number of nitrogens with zero attached hydrogens (tertiary/aromatic N) is 2. The van der Waals surface area contributed by atoms with Gasteiger partial charge in [-0.15, -0.1) is 0 Å². The number of anilines is 2. The van der Waals surface area contributed by atoms with E-state index in [4.69, 9.17) is 24.7 Å². The fourth-order valence-electron chi connectivity index (χ4n) is 3.84. The smallest absolute Gasteiger partial charge is 0.157 e. The Morgan fingerprint density at radius 2 is 1.93 bits per heavy atom. The van der Waals surface area contributed by atoms with Crippen LogP contribution in [0.15, 0.2) is 18.2 Å². The Hall–Kier alpha value is -1.54. The van der Waals surface area contributed by atoms with Crippen LogP contribution in [0.1, 0.15) is 19.3 Å². The van der Waals surface area contributed by atoms with Crippen molar-refractivity contribution in [3.8, 4) is 5.75 Å². The zero-order valence-electron chi connectivity index (χ0n) is 16.0. The van der Waals surface area contributed by atoms with Crippen molar-refractivity contribution >= 4 is 11.4 Å². The van der Waals surface area contributed by atoms with Gasteiger partial charge in [-0.1, -0.05) is 0 Å². The van der Waals surface area contributed by atoms with E-state index in [9.17, 15) is 0 Å². The largest absolute Gasteiger partial charge is 0.489 e. The second kappa shape index (κ2) is 9.10. The Balaban J connectivity index is 1.29. The van der Waals surface area contributed by atoms with Gasteiger partial charge in [-0.05, 0) is 31.4 Å². The zero-order chi connectivity index (χ0) is 18.5. The number of rotatable bonds is 7. The maximum absolute atomic E-state index is 6.03. The maximum atomic E-state index is 6.03. The first kappa shape index (κ1) is 18.8. The molecule has 3 fully saturated rings. The number of nitrogen functional groups attached to an aromatic ring is 1. The molecule has 3 aliphatic rings. The van der Waals surface area contributed by atoms with Crippen molar-refractivity contribution in [2.75, 3.05) is 69.8 Å². The summed E-state index contributed by atoms with van der Waals surface area (Å²) in [7, 11) is 0. The molecule has 0 aliphatic carbocycles. The van der Waals surface area contributed by atoms with Gasteiger partial charge in [-0.25, -0.2) is 0 Å². The number of piperazine rings is 1. The first-order valence-electron chi connectivity index (χ1n) is 10.1. The summed E-state index contributed by atoms with van der Waals surface area (Å²) in [4.78, 5) is 4.91. The van der Waals surface area contributed by atoms with E-state index >= 15 is 0 Å². The number of hydrogen-bond donors (Lipinski definition) is 1. The molecule has 7 nitrogen and oxygen atoms in total. The monoisotopic (exact) mass is 377 g/mol. The summed E-state index contributed by atoms with van der Waals surface area (Å²) in [6, 6.07) is 6.53. The van der Waals surface area contributed by atoms with Crippen LogP contribution < -0.4 is 15.4 Å². The second-order valence-corrected chi connectivity index (χ2v) is 7.46. The molecule has 0 saturated carbocycles. The molecule has 7 heteroatoms. The molecule has 4 rings (SSSR count). The average Bonchev–Trinajstić information content (AvgIpc) is 2.66. The number of ether oxygens (including phenoxy) is 4. The molecule has 1 atom stereocenters. The van der Waals surface area contributed by atoms with Gasteiger partial charge in [0.2, 0.25) is 0 Å². The predicted molar refractivity (Wildman–Crippen MR) is 104 cm³/mol. The predicted octanol–water partition coefficient (Wildman–Crippen LogP) is 1.71. The second-order valence-electron chi connectivity index (χ2n) is 7.46. The molecule has 3 heterocycles. The Kier molecular flexibility index (Phi) is 6.34. The molecule has 3 aliphatic heterocycles. The maximum Gasteiger partial charge on any atom is 0.157 e. The molecule has 1 unspecified atom stereocenters. The number of benzene rings is 1. The minimum absolute atomic E-state index is 0.0776. The molecule has 3 saturated heterocycles. The summed E-state index contributed by atoms with van der Waals surface area (Å²) >= 11 is 0. The molecular formula is C20H31N3O4. The van der Waals surface area contributed by atoms with Crippen LogP contribution in [0.4, 0.5) is 11.4 Å². The van der Waals surface area contributed by atoms with Gasteiger partial charge in [-0.2, -0.15) is 0 Å². The lowest BCUT2D eigenvalue weighted by molar-refractivity contribution is -0.165. The topological polar surface area (TPSA) is 69.4 Å². The van der Waals surface area contributed by atoms with Crippen molar-refractivity contribution in [2.45, 2.75) is 31.6 Å². The van der Waals surface area contributed by atoms with Crippen LogP contribution in [0.25, 0.3) is 0 Å². The van der Waals surface area contributed by atoms with Crippen molar-refractivity contribution in [1.29, 1.82) is 0 Å². The third kappa shape index (κ3) is 4.85. The lowest BCUT2D eigenvalue weighted by atomic mass is 10.1. The summed E-state index contributed by atoms with van der Waals surface area (Å²) in [5.41, 5.74) is 7.83. The van der Waals surface area contributed by atoms with E-state index in [1.165, 1.54) is 6.42 Å². The van der Waals surface area contributed by atoms with Crippen LogP contribution in [-0.2, 0) is 14.2 Å². The van der Waals surface area contributed by atoms with Crippen LogP contribution >= 0.6 is 0 Å². The van der Waals surface area contributed by atoms with Crippen molar-refractivity contribution in [3.05, 3.63) is 18.2 Å². The van der Waals surface area contributed by atoms with Crippen molar-refractivity contribution < 1.29 is 18.9 Å². The minimum atomic E-state index is -0.0776. The molecule has 0 bridgehead atoms. The highest BCUT2D eigenvalue weighted by atomic mass is 16.7. The van der Waals surface area contributed by atoms with Crippen molar-refractivity contribution in [2.24, 2.45) is 0 Å². The van der Waals surface area contributed by atoms with E-state index < -0.39 is 0 Å². The van der Waals surface area contributed by atoms with Crippen LogP contribution in [0.3, 0.4) is 0 Å². The minimum Gasteiger partial charge on any atom is -0.489 e. The van der Waals surface area contributed by atoms with Crippen LogP contribution in [0.2, 0.25) is 0 Å². The van der Waals surface area contributed by atoms with Gasteiger partial charge in [0.1, 0.15) is 12.4 Å². The number of nitrogens with two attached hydrogens (primary N) is 1. The highest BCUT2D eigenvalue weighted by molar-refractivity contribution is 5.64. The van der Waals surface area contributed by atoms with Gasteiger partial charge < -0.3 is 29.6 Å². The Labute approximate surface area is 161 Å². The van der Waals surface area contributed by atoms with E-state index in [-0.39, 0.29) is 6.29 Å². The lowest BCUT2D eigenvalue weighted by Crippen LogP contribution is -2.56. The van der Waals surface area contributed by atoms with Gasteiger partial charge in [0, 0.05) is 44.5 Å². The zero-order valence-corrected chi connectivity index (χ0v) is 16.0. The summed E-state index contributed by atoms with van der Waals surface area (Å²) in [6.07, 6.45) is 3.19. The van der Waals surface area contributed by atoms with Crippen LogP contribution in [0.5, 0.6) is 5.75 Å². The summed E-state index contributed by atoms with van der Waals surface area (Å²) < 4.78 is 22.7. The Morgan fingerprint density at radius 1 is 1.07 bits per heavy atom. The highest BCUT2D eigenvalue weighted by Crippen LogP contribution is 2.32. The molecule has 1 aromatic carbocycles. The van der Waals surface area contributed by atoms with Crippen LogP contribution in [-0.4, -0.2) is 76.4 Å². The molecule has 2 N–H and O–H groups in total. The molecular weight excluding hydrogens is 346 g/mol. The van der Waals surface area contributed by atoms with E-state index in [2.05, 4.69) is 15.9 Å². The van der Waals surface area contributed by atoms with Crippen molar-refractivity contribution in [3.63, 3.8) is 0 Å². The van der Waals surface area contributed by atoms with Crippen LogP contribution in [0, 0.1) is 0 Å². The van der Waals surface area contributed by atoms with Gasteiger partial charge in [0.05, 0.1) is 31.5 Å². The third-order valence-corrected chi connectivity index (χ3v) is 5.56. The molecule has 27 heavy (non-hydrogen) atoms. The van der Waals surface area contributed by atoms with E-state index in [0.29, 0.717) is 19.3 Å². The standard InChI is InChI=1S/C20H31N3O4/c21-16-4-5-18(23-8-6-22(7-9-23)17-14-24-15-17)19(13-16)25-11-12-27-20-3-1-2-10-26-20/h4-5,13,17,20H,1-3,6-12,14-15,21H2. The SMILES string of the molecule is Nc1ccc(N2CCN(C3COC3)CC2)c(OCCOC2CCCCO2)c1. The van der Waals surface area contributed by atoms with Gasteiger partial charge >= 0.3 is 0 Å². The molecule has 0 amide bonds. The van der Waals surface area contributed by atoms with E-state index in [0.717, 1.165) is 76.0 Å². The van der Waals surface area contributed by atoms with E-state index in [1.807, 2.05) is 12.1 Å². The Bertz CT molecular complexity index is 597. The van der Waals surface area contributed by atoms with Crippen molar-refractivity contribution in [1.82, 2.24) is 4.90 Å². The first-order chi connectivity index (χ1) is 13.3. The van der Waals surface area contributed by atoms with Gasteiger partial charge in [0.15, 0.2) is 6.29 Å². The summed E-state index contributed by atoms with van der Waals surface area (Å²) in [5.74, 6) is 0.837. The molecule has 1 aromatic rings. The lowest BCUT2D eigenvalue weighted by Gasteiger charge is -2.43. The third-order valence-electron chi connectivity index (χ3n) is 5.56. The highest BCUT2D eigenvalue weighted by Gasteiger charge is 2.29. The molecule has 0 spiro atoms. The fraction of sp³-hybridized carbons (Fsp3) is 0.700. The fourth-order valence-corrected chi connectivity index (χ4v) is 3.84. The summed E-state index contributed by atoms with van der Waals surface area (Å²) in [6.45, 7) is 7.65. The average molecular weight is 377 g/mol. The first-order valence-corrected chi connectivity index (χ1v) is 10.1.